The molecular weight excluding hydrogens is 347 g/mol. The van der Waals surface area contributed by atoms with Crippen LogP contribution in [0.2, 0.25) is 5.02 Å². The van der Waals surface area contributed by atoms with Gasteiger partial charge in [-0.05, 0) is 37.8 Å². The number of benzene rings is 1. The zero-order chi connectivity index (χ0) is 17.8. The Balaban J connectivity index is 1.47. The van der Waals surface area contributed by atoms with Crippen LogP contribution in [0.5, 0.6) is 5.75 Å². The van der Waals surface area contributed by atoms with Gasteiger partial charge in [0.1, 0.15) is 0 Å². The van der Waals surface area contributed by atoms with Crippen molar-refractivity contribution in [1.29, 1.82) is 0 Å². The van der Waals surface area contributed by atoms with Crippen molar-refractivity contribution < 1.29 is 18.7 Å². The molecule has 0 N–H and O–H groups in total. The van der Waals surface area contributed by atoms with Crippen LogP contribution < -0.4 is 4.74 Å². The van der Waals surface area contributed by atoms with Gasteiger partial charge >= 0.3 is 0 Å². The number of rotatable bonds is 4. The Morgan fingerprint density at radius 2 is 1.80 bits per heavy atom. The summed E-state index contributed by atoms with van der Waals surface area (Å²) >= 11 is 5.88. The first-order valence-corrected chi connectivity index (χ1v) is 9.07. The van der Waals surface area contributed by atoms with E-state index in [-0.39, 0.29) is 35.1 Å². The van der Waals surface area contributed by atoms with Gasteiger partial charge in [0.15, 0.2) is 18.2 Å². The monoisotopic (exact) mass is 368 g/mol. The van der Waals surface area contributed by atoms with Crippen molar-refractivity contribution in [3.63, 3.8) is 0 Å². The molecule has 2 aliphatic heterocycles. The summed E-state index contributed by atoms with van der Waals surface area (Å²) in [4.78, 5) is 28.3. The maximum absolute atomic E-state index is 13.7. The summed E-state index contributed by atoms with van der Waals surface area (Å²) in [5.41, 5.74) is 0. The third-order valence-electron chi connectivity index (χ3n) is 4.87. The van der Waals surface area contributed by atoms with E-state index in [1.807, 2.05) is 4.90 Å². The molecule has 2 amide bonds. The fourth-order valence-corrected chi connectivity index (χ4v) is 3.63. The number of piperidine rings is 1. The van der Waals surface area contributed by atoms with Crippen molar-refractivity contribution in [2.45, 2.75) is 25.7 Å². The summed E-state index contributed by atoms with van der Waals surface area (Å²) in [6, 6.07) is 4.23. The van der Waals surface area contributed by atoms with Crippen molar-refractivity contribution in [2.24, 2.45) is 5.92 Å². The highest BCUT2D eigenvalue weighted by Gasteiger charge is 2.31. The zero-order valence-electron chi connectivity index (χ0n) is 14.0. The van der Waals surface area contributed by atoms with E-state index < -0.39 is 5.82 Å². The smallest absolute Gasteiger partial charge is 0.260 e. The predicted octanol–water partition coefficient (Wildman–Crippen LogP) is 2.72. The van der Waals surface area contributed by atoms with Crippen LogP contribution in [0.15, 0.2) is 18.2 Å². The average Bonchev–Trinajstić information content (AvgIpc) is 3.15. The molecule has 0 atom stereocenters. The molecule has 2 aliphatic rings. The zero-order valence-corrected chi connectivity index (χ0v) is 14.8. The number of carbonyl (C=O) groups is 2. The highest BCUT2D eigenvalue weighted by Crippen LogP contribution is 2.27. The van der Waals surface area contributed by atoms with Crippen LogP contribution in [-0.2, 0) is 9.59 Å². The van der Waals surface area contributed by atoms with Gasteiger partial charge in [-0.25, -0.2) is 4.39 Å². The van der Waals surface area contributed by atoms with E-state index in [1.165, 1.54) is 18.2 Å². The first kappa shape index (κ1) is 18.0. The first-order chi connectivity index (χ1) is 12.1. The molecule has 7 heteroatoms. The van der Waals surface area contributed by atoms with Crippen molar-refractivity contribution in [2.75, 3.05) is 32.8 Å². The van der Waals surface area contributed by atoms with Gasteiger partial charge in [0.25, 0.3) is 5.91 Å². The standard InChI is InChI=1S/C18H22ClFN2O3/c19-14-4-3-5-15(20)17(14)25-12-16(23)21-10-6-13(7-11-21)18(24)22-8-1-2-9-22/h3-5,13H,1-2,6-12H2. The van der Waals surface area contributed by atoms with E-state index in [2.05, 4.69) is 0 Å². The minimum absolute atomic E-state index is 0.00378. The van der Waals surface area contributed by atoms with E-state index in [4.69, 9.17) is 16.3 Å². The second-order valence-electron chi connectivity index (χ2n) is 6.53. The van der Waals surface area contributed by atoms with Crippen LogP contribution in [0, 0.1) is 11.7 Å². The van der Waals surface area contributed by atoms with Crippen LogP contribution in [0.4, 0.5) is 4.39 Å². The summed E-state index contributed by atoms with van der Waals surface area (Å²) in [5, 5.41) is 0.141. The Morgan fingerprint density at radius 3 is 2.44 bits per heavy atom. The number of amides is 2. The molecule has 0 aliphatic carbocycles. The van der Waals surface area contributed by atoms with Crippen molar-refractivity contribution >= 4 is 23.4 Å². The number of likely N-dealkylation sites (tertiary alicyclic amines) is 2. The normalized spacial score (nSPS) is 18.5. The van der Waals surface area contributed by atoms with E-state index in [0.29, 0.717) is 25.9 Å². The van der Waals surface area contributed by atoms with E-state index in [1.54, 1.807) is 4.90 Å². The summed E-state index contributed by atoms with van der Waals surface area (Å²) in [5.74, 6) is -0.679. The van der Waals surface area contributed by atoms with E-state index in [9.17, 15) is 14.0 Å². The van der Waals surface area contributed by atoms with Crippen molar-refractivity contribution in [3.05, 3.63) is 29.0 Å². The molecule has 25 heavy (non-hydrogen) atoms. The average molecular weight is 369 g/mol. The van der Waals surface area contributed by atoms with Gasteiger partial charge in [-0.3, -0.25) is 9.59 Å². The third-order valence-corrected chi connectivity index (χ3v) is 5.17. The fraction of sp³-hybridized carbons (Fsp3) is 0.556. The van der Waals surface area contributed by atoms with Crippen LogP contribution in [0.1, 0.15) is 25.7 Å². The Labute approximate surface area is 151 Å². The number of hydrogen-bond acceptors (Lipinski definition) is 3. The summed E-state index contributed by atoms with van der Waals surface area (Å²) < 4.78 is 18.9. The molecule has 0 unspecified atom stereocenters. The molecule has 5 nitrogen and oxygen atoms in total. The number of ether oxygens (including phenoxy) is 1. The van der Waals surface area contributed by atoms with Crippen molar-refractivity contribution in [1.82, 2.24) is 9.80 Å². The molecule has 0 aromatic heterocycles. The Kier molecular flexibility index (Phi) is 5.78. The highest BCUT2D eigenvalue weighted by molar-refractivity contribution is 6.32. The molecule has 136 valence electrons. The van der Waals surface area contributed by atoms with Gasteiger partial charge in [-0.2, -0.15) is 0 Å². The number of hydrogen-bond donors (Lipinski definition) is 0. The number of para-hydroxylation sites is 1. The van der Waals surface area contributed by atoms with Gasteiger partial charge in [0.2, 0.25) is 5.91 Å². The lowest BCUT2D eigenvalue weighted by Gasteiger charge is -2.33. The quantitative estimate of drug-likeness (QED) is 0.821. The molecule has 1 aromatic carbocycles. The SMILES string of the molecule is O=C(COc1c(F)cccc1Cl)N1CCC(C(=O)N2CCCC2)CC1. The number of carbonyl (C=O) groups excluding carboxylic acids is 2. The predicted molar refractivity (Wildman–Crippen MR) is 92.0 cm³/mol. The topological polar surface area (TPSA) is 49.9 Å². The highest BCUT2D eigenvalue weighted by atomic mass is 35.5. The van der Waals surface area contributed by atoms with Gasteiger partial charge in [0, 0.05) is 32.1 Å². The molecule has 2 fully saturated rings. The molecular formula is C18H22ClFN2O3. The van der Waals surface area contributed by atoms with Gasteiger partial charge < -0.3 is 14.5 Å². The second-order valence-corrected chi connectivity index (χ2v) is 6.93. The van der Waals surface area contributed by atoms with Crippen molar-refractivity contribution in [3.8, 4) is 5.75 Å². The summed E-state index contributed by atoms with van der Waals surface area (Å²) in [7, 11) is 0. The lowest BCUT2D eigenvalue weighted by atomic mass is 9.95. The number of halogens is 2. The van der Waals surface area contributed by atoms with Crippen LogP contribution in [0.25, 0.3) is 0 Å². The lowest BCUT2D eigenvalue weighted by Crippen LogP contribution is -2.45. The number of nitrogens with zero attached hydrogens (tertiary/aromatic N) is 2. The van der Waals surface area contributed by atoms with Crippen LogP contribution in [0.3, 0.4) is 0 Å². The van der Waals surface area contributed by atoms with Gasteiger partial charge in [-0.1, -0.05) is 17.7 Å². The fourth-order valence-electron chi connectivity index (χ4n) is 3.42. The van der Waals surface area contributed by atoms with E-state index in [0.717, 1.165) is 25.9 Å². The Bertz CT molecular complexity index is 621. The van der Waals surface area contributed by atoms with Gasteiger partial charge in [0.05, 0.1) is 5.02 Å². The van der Waals surface area contributed by atoms with Crippen LogP contribution >= 0.6 is 11.6 Å². The molecule has 0 saturated carbocycles. The second kappa shape index (κ2) is 8.04. The largest absolute Gasteiger partial charge is 0.479 e. The van der Waals surface area contributed by atoms with E-state index >= 15 is 0 Å². The summed E-state index contributed by atoms with van der Waals surface area (Å²) in [6.45, 7) is 2.50. The molecule has 0 bridgehead atoms. The minimum atomic E-state index is -0.588. The first-order valence-electron chi connectivity index (χ1n) is 8.69. The third kappa shape index (κ3) is 4.24. The molecule has 0 radical (unpaired) electrons. The summed E-state index contributed by atoms with van der Waals surface area (Å²) in [6.07, 6.45) is 3.50. The maximum atomic E-state index is 13.7. The molecule has 2 saturated heterocycles. The Morgan fingerprint density at radius 1 is 1.12 bits per heavy atom. The maximum Gasteiger partial charge on any atom is 0.260 e. The molecule has 0 spiro atoms. The molecule has 3 rings (SSSR count). The molecule has 2 heterocycles. The Hall–Kier alpha value is -1.82. The minimum Gasteiger partial charge on any atom is -0.479 e. The lowest BCUT2D eigenvalue weighted by molar-refractivity contribution is -0.140. The van der Waals surface area contributed by atoms with Gasteiger partial charge in [-0.15, -0.1) is 0 Å². The van der Waals surface area contributed by atoms with Crippen LogP contribution in [-0.4, -0.2) is 54.4 Å². The molecule has 1 aromatic rings.